The Balaban J connectivity index is 0.00000114. The number of rotatable bonds is 7. The third-order valence-electron chi connectivity index (χ3n) is 4.85. The normalized spacial score (nSPS) is 18.4. The Kier molecular flexibility index (Phi) is 9.17. The maximum absolute atomic E-state index is 14.7. The highest BCUT2D eigenvalue weighted by Crippen LogP contribution is 2.29. The molecule has 2 aliphatic heterocycles. The van der Waals surface area contributed by atoms with Gasteiger partial charge in [-0.05, 0) is 24.6 Å². The molecular formula is C19H21F3N4O6. The van der Waals surface area contributed by atoms with Crippen molar-refractivity contribution in [2.45, 2.75) is 25.4 Å². The molecule has 3 rings (SSSR count). The van der Waals surface area contributed by atoms with E-state index in [-0.39, 0.29) is 24.8 Å². The van der Waals surface area contributed by atoms with Crippen LogP contribution in [-0.2, 0) is 23.9 Å². The van der Waals surface area contributed by atoms with E-state index in [0.29, 0.717) is 38.3 Å². The quantitative estimate of drug-likeness (QED) is 0.601. The lowest BCUT2D eigenvalue weighted by Crippen LogP contribution is -2.37. The van der Waals surface area contributed by atoms with Gasteiger partial charge in [0, 0.05) is 26.1 Å². The van der Waals surface area contributed by atoms with Crippen LogP contribution in [0.4, 0.5) is 29.3 Å². The number of anilines is 2. The predicted octanol–water partition coefficient (Wildman–Crippen LogP) is 0.965. The number of carbonyl (C=O) groups is 3. The van der Waals surface area contributed by atoms with Gasteiger partial charge >= 0.3 is 12.2 Å². The monoisotopic (exact) mass is 458 g/mol. The Labute approximate surface area is 180 Å². The Morgan fingerprint density at radius 2 is 2.00 bits per heavy atom. The lowest BCUT2D eigenvalue weighted by molar-refractivity contribution is -0.191. The number of hydrogen-bond acceptors (Lipinski definition) is 8. The maximum atomic E-state index is 14.7. The molecule has 0 unspecified atom stereocenters. The van der Waals surface area contributed by atoms with Gasteiger partial charge in [0.15, 0.2) is 5.78 Å². The summed E-state index contributed by atoms with van der Waals surface area (Å²) in [5.74, 6) is -1.74. The Morgan fingerprint density at radius 3 is 2.62 bits per heavy atom. The molecule has 13 heteroatoms. The molecular weight excluding hydrogens is 437 g/mol. The number of ether oxygens (including phenoxy) is 1. The number of nitrogens with one attached hydrogen (secondary N) is 1. The number of benzene rings is 1. The van der Waals surface area contributed by atoms with Crippen LogP contribution in [0.3, 0.4) is 0 Å². The van der Waals surface area contributed by atoms with Gasteiger partial charge in [-0.15, -0.1) is 0 Å². The third-order valence-corrected chi connectivity index (χ3v) is 4.85. The highest BCUT2D eigenvalue weighted by atomic mass is 19.3. The molecule has 10 nitrogen and oxygen atoms in total. The molecule has 0 bridgehead atoms. The minimum atomic E-state index is -3.04. The molecule has 174 valence electrons. The first kappa shape index (κ1) is 24.8. The molecule has 0 spiro atoms. The second-order valence-corrected chi connectivity index (χ2v) is 6.84. The second-order valence-electron chi connectivity index (χ2n) is 6.84. The minimum absolute atomic E-state index is 0.0139. The average molecular weight is 458 g/mol. The third kappa shape index (κ3) is 6.53. The van der Waals surface area contributed by atoms with Crippen molar-refractivity contribution in [3.05, 3.63) is 24.0 Å². The standard InChI is InChI=1S/C18H21F3N4O4.CO2/c19-14-9-12(1-3-15(14)23-6-5-22-24(11-26)8-7-23)25-10-13(29-18(25)28)2-4-16(27)17(20)21;2-1-3/h1,3,9,11,13,17,22H,2,4-8,10H2;/t13-;/m0./s1. The summed E-state index contributed by atoms with van der Waals surface area (Å²) in [4.78, 5) is 53.2. The van der Waals surface area contributed by atoms with Crippen LogP contribution in [-0.4, -0.2) is 74.7 Å². The van der Waals surface area contributed by atoms with Gasteiger partial charge in [0.25, 0.3) is 6.43 Å². The van der Waals surface area contributed by atoms with Crippen molar-refractivity contribution in [3.63, 3.8) is 0 Å². The molecule has 1 aromatic rings. The SMILES string of the molecule is O=C=O.O=CN1CCN(c2ccc(N3C[C@H](CCC(=O)C(F)F)OC3=O)cc2F)CCN1. The van der Waals surface area contributed by atoms with Crippen LogP contribution < -0.4 is 15.2 Å². The maximum Gasteiger partial charge on any atom is 0.414 e. The molecule has 2 heterocycles. The number of carbonyl (C=O) groups excluding carboxylic acids is 5. The fourth-order valence-corrected chi connectivity index (χ4v) is 3.29. The number of hydrazine groups is 1. The van der Waals surface area contributed by atoms with Crippen molar-refractivity contribution < 1.29 is 41.9 Å². The lowest BCUT2D eigenvalue weighted by atomic mass is 10.1. The number of nitrogens with zero attached hydrogens (tertiary/aromatic N) is 3. The van der Waals surface area contributed by atoms with Crippen molar-refractivity contribution in [3.8, 4) is 0 Å². The summed E-state index contributed by atoms with van der Waals surface area (Å²) in [6.45, 7) is 1.84. The minimum Gasteiger partial charge on any atom is -0.444 e. The van der Waals surface area contributed by atoms with Gasteiger partial charge in [0.2, 0.25) is 6.41 Å². The highest BCUT2D eigenvalue weighted by molar-refractivity contribution is 5.90. The van der Waals surface area contributed by atoms with Crippen LogP contribution in [0.15, 0.2) is 18.2 Å². The number of cyclic esters (lactones) is 1. The Morgan fingerprint density at radius 1 is 1.28 bits per heavy atom. The lowest BCUT2D eigenvalue weighted by Gasteiger charge is -2.23. The zero-order valence-corrected chi connectivity index (χ0v) is 16.8. The van der Waals surface area contributed by atoms with E-state index >= 15 is 0 Å². The van der Waals surface area contributed by atoms with E-state index < -0.39 is 36.6 Å². The number of Topliss-reactive ketones (excluding diaryl/α,β-unsaturated/α-hetero) is 1. The van der Waals surface area contributed by atoms with Crippen LogP contribution in [0.5, 0.6) is 0 Å². The first-order chi connectivity index (χ1) is 15.3. The molecule has 2 aliphatic rings. The van der Waals surface area contributed by atoms with Gasteiger partial charge in [-0.25, -0.2) is 23.4 Å². The van der Waals surface area contributed by atoms with E-state index in [9.17, 15) is 27.6 Å². The first-order valence-electron chi connectivity index (χ1n) is 9.59. The van der Waals surface area contributed by atoms with Crippen LogP contribution >= 0.6 is 0 Å². The highest BCUT2D eigenvalue weighted by Gasteiger charge is 2.33. The smallest absolute Gasteiger partial charge is 0.414 e. The Bertz CT molecular complexity index is 865. The molecule has 0 aliphatic carbocycles. The van der Waals surface area contributed by atoms with Gasteiger partial charge in [0.1, 0.15) is 11.9 Å². The fraction of sp³-hybridized carbons (Fsp3) is 0.474. The molecule has 2 saturated heterocycles. The van der Waals surface area contributed by atoms with Crippen LogP contribution in [0.1, 0.15) is 12.8 Å². The number of hydrogen-bond donors (Lipinski definition) is 1. The summed E-state index contributed by atoms with van der Waals surface area (Å²) in [6, 6.07) is 4.32. The molecule has 0 saturated carbocycles. The number of alkyl halides is 2. The summed E-state index contributed by atoms with van der Waals surface area (Å²) in [7, 11) is 0. The van der Waals surface area contributed by atoms with Crippen molar-refractivity contribution in [1.29, 1.82) is 0 Å². The zero-order chi connectivity index (χ0) is 23.7. The predicted molar refractivity (Wildman–Crippen MR) is 102 cm³/mol. The fourth-order valence-electron chi connectivity index (χ4n) is 3.29. The van der Waals surface area contributed by atoms with Gasteiger partial charge < -0.3 is 9.64 Å². The molecule has 32 heavy (non-hydrogen) atoms. The van der Waals surface area contributed by atoms with Crippen molar-refractivity contribution in [1.82, 2.24) is 10.4 Å². The summed E-state index contributed by atoms with van der Waals surface area (Å²) >= 11 is 0. The topological polar surface area (TPSA) is 116 Å². The number of ketones is 1. The second kappa shape index (κ2) is 11.8. The van der Waals surface area contributed by atoms with Gasteiger partial charge in [0.05, 0.1) is 24.5 Å². The molecule has 2 fully saturated rings. The van der Waals surface area contributed by atoms with E-state index in [1.807, 2.05) is 0 Å². The number of amides is 2. The van der Waals surface area contributed by atoms with E-state index in [1.165, 1.54) is 16.0 Å². The first-order valence-corrected chi connectivity index (χ1v) is 9.59. The Hall–Kier alpha value is -3.44. The molecule has 0 aromatic heterocycles. The summed E-state index contributed by atoms with van der Waals surface area (Å²) in [5, 5.41) is 1.39. The van der Waals surface area contributed by atoms with Crippen LogP contribution in [0.2, 0.25) is 0 Å². The van der Waals surface area contributed by atoms with Crippen LogP contribution in [0.25, 0.3) is 0 Å². The molecule has 2 amide bonds. The van der Waals surface area contributed by atoms with Crippen LogP contribution in [0, 0.1) is 5.82 Å². The molecule has 0 radical (unpaired) electrons. The summed E-state index contributed by atoms with van der Waals surface area (Å²) in [5.41, 5.74) is 3.53. The van der Waals surface area contributed by atoms with Crippen molar-refractivity contribution in [2.24, 2.45) is 0 Å². The zero-order valence-electron chi connectivity index (χ0n) is 16.8. The van der Waals surface area contributed by atoms with Gasteiger partial charge in [-0.2, -0.15) is 9.59 Å². The largest absolute Gasteiger partial charge is 0.444 e. The van der Waals surface area contributed by atoms with E-state index in [4.69, 9.17) is 14.3 Å². The van der Waals surface area contributed by atoms with E-state index in [1.54, 1.807) is 17.0 Å². The molecule has 1 N–H and O–H groups in total. The van der Waals surface area contributed by atoms with E-state index in [2.05, 4.69) is 5.43 Å². The van der Waals surface area contributed by atoms with E-state index in [0.717, 1.165) is 0 Å². The summed E-state index contributed by atoms with van der Waals surface area (Å²) < 4.78 is 44.4. The van der Waals surface area contributed by atoms with Gasteiger partial charge in [-0.1, -0.05) is 0 Å². The average Bonchev–Trinajstić information content (AvgIpc) is 2.97. The molecule has 1 atom stereocenters. The van der Waals surface area contributed by atoms with Gasteiger partial charge in [-0.3, -0.25) is 19.5 Å². The summed E-state index contributed by atoms with van der Waals surface area (Å²) in [6.07, 6.45) is -3.95. The molecule has 1 aromatic carbocycles. The van der Waals surface area contributed by atoms with Crippen molar-refractivity contribution in [2.75, 3.05) is 42.5 Å². The number of halogens is 3. The van der Waals surface area contributed by atoms with Crippen molar-refractivity contribution >= 4 is 35.8 Å².